The molecule has 104 valence electrons. The third-order valence-electron chi connectivity index (χ3n) is 3.04. The summed E-state index contributed by atoms with van der Waals surface area (Å²) in [5, 5.41) is 3.48. The molecule has 0 amide bonds. The van der Waals surface area contributed by atoms with E-state index in [-0.39, 0.29) is 11.1 Å². The van der Waals surface area contributed by atoms with Crippen LogP contribution in [0.15, 0.2) is 0 Å². The standard InChI is InChI=1S/C14H32N2O/c1-13(2,3)15-10-8-9-11-17-12-14(4,5)16(6)7/h15H,8-12H2,1-7H3. The van der Waals surface area contributed by atoms with E-state index in [1.165, 1.54) is 6.42 Å². The molecular formula is C14H32N2O. The Morgan fingerprint density at radius 2 is 1.59 bits per heavy atom. The van der Waals surface area contributed by atoms with Crippen molar-refractivity contribution >= 4 is 0 Å². The van der Waals surface area contributed by atoms with Gasteiger partial charge in [-0.15, -0.1) is 0 Å². The summed E-state index contributed by atoms with van der Waals surface area (Å²) in [6.45, 7) is 13.7. The Balaban J connectivity index is 3.42. The minimum atomic E-state index is 0.129. The van der Waals surface area contributed by atoms with Gasteiger partial charge in [0.25, 0.3) is 0 Å². The maximum absolute atomic E-state index is 5.72. The topological polar surface area (TPSA) is 24.5 Å². The van der Waals surface area contributed by atoms with Crippen LogP contribution in [0.25, 0.3) is 0 Å². The van der Waals surface area contributed by atoms with Crippen LogP contribution in [-0.4, -0.2) is 49.8 Å². The van der Waals surface area contributed by atoms with Gasteiger partial charge in [0.15, 0.2) is 0 Å². The summed E-state index contributed by atoms with van der Waals surface area (Å²) in [5.74, 6) is 0. The van der Waals surface area contributed by atoms with Gasteiger partial charge < -0.3 is 15.0 Å². The summed E-state index contributed by atoms with van der Waals surface area (Å²) in [4.78, 5) is 2.20. The summed E-state index contributed by atoms with van der Waals surface area (Å²) in [6.07, 6.45) is 2.31. The minimum absolute atomic E-state index is 0.129. The van der Waals surface area contributed by atoms with E-state index < -0.39 is 0 Å². The normalized spacial score (nSPS) is 13.4. The molecule has 17 heavy (non-hydrogen) atoms. The second-order valence-corrected chi connectivity index (χ2v) is 6.64. The molecule has 0 rings (SSSR count). The number of hydrogen-bond donors (Lipinski definition) is 1. The largest absolute Gasteiger partial charge is 0.380 e. The van der Waals surface area contributed by atoms with Crippen molar-refractivity contribution in [1.82, 2.24) is 10.2 Å². The minimum Gasteiger partial charge on any atom is -0.380 e. The fourth-order valence-corrected chi connectivity index (χ4v) is 1.24. The molecule has 3 heteroatoms. The number of hydrogen-bond acceptors (Lipinski definition) is 3. The Kier molecular flexibility index (Phi) is 7.29. The zero-order valence-corrected chi connectivity index (χ0v) is 12.9. The smallest absolute Gasteiger partial charge is 0.0644 e. The fourth-order valence-electron chi connectivity index (χ4n) is 1.24. The molecule has 3 nitrogen and oxygen atoms in total. The Morgan fingerprint density at radius 1 is 1.00 bits per heavy atom. The molecule has 0 atom stereocenters. The predicted molar refractivity (Wildman–Crippen MR) is 75.6 cm³/mol. The summed E-state index contributed by atoms with van der Waals surface area (Å²) >= 11 is 0. The summed E-state index contributed by atoms with van der Waals surface area (Å²) < 4.78 is 5.72. The first-order valence-electron chi connectivity index (χ1n) is 6.65. The number of likely N-dealkylation sites (N-methyl/N-ethyl adjacent to an activating group) is 1. The fraction of sp³-hybridized carbons (Fsp3) is 1.00. The number of rotatable bonds is 8. The third-order valence-corrected chi connectivity index (χ3v) is 3.04. The lowest BCUT2D eigenvalue weighted by atomic mass is 10.1. The molecule has 0 unspecified atom stereocenters. The highest BCUT2D eigenvalue weighted by atomic mass is 16.5. The van der Waals surface area contributed by atoms with Crippen LogP contribution in [0, 0.1) is 0 Å². The number of nitrogens with zero attached hydrogens (tertiary/aromatic N) is 1. The molecule has 0 aromatic carbocycles. The Labute approximate surface area is 108 Å². The summed E-state index contributed by atoms with van der Waals surface area (Å²) in [7, 11) is 4.19. The number of unbranched alkanes of at least 4 members (excludes halogenated alkanes) is 1. The van der Waals surface area contributed by atoms with Gasteiger partial charge in [0, 0.05) is 17.7 Å². The molecule has 0 saturated carbocycles. The van der Waals surface area contributed by atoms with Crippen LogP contribution in [0.1, 0.15) is 47.5 Å². The van der Waals surface area contributed by atoms with Crippen molar-refractivity contribution < 1.29 is 4.74 Å². The molecule has 0 aromatic rings. The molecule has 1 N–H and O–H groups in total. The molecule has 0 saturated heterocycles. The van der Waals surface area contributed by atoms with Crippen LogP contribution >= 0.6 is 0 Å². The Hall–Kier alpha value is -0.120. The maximum Gasteiger partial charge on any atom is 0.0644 e. The van der Waals surface area contributed by atoms with Gasteiger partial charge in [-0.05, 0) is 68.1 Å². The zero-order chi connectivity index (χ0) is 13.5. The van der Waals surface area contributed by atoms with E-state index in [2.05, 4.69) is 58.9 Å². The van der Waals surface area contributed by atoms with Crippen molar-refractivity contribution in [3.05, 3.63) is 0 Å². The van der Waals surface area contributed by atoms with E-state index in [0.717, 1.165) is 26.2 Å². The highest BCUT2D eigenvalue weighted by Crippen LogP contribution is 2.10. The van der Waals surface area contributed by atoms with Gasteiger partial charge in [-0.1, -0.05) is 0 Å². The van der Waals surface area contributed by atoms with Gasteiger partial charge in [0.1, 0.15) is 0 Å². The number of ether oxygens (including phenoxy) is 1. The van der Waals surface area contributed by atoms with Gasteiger partial charge in [0.05, 0.1) is 6.61 Å². The van der Waals surface area contributed by atoms with Crippen LogP contribution in [0.3, 0.4) is 0 Å². The first-order chi connectivity index (χ1) is 7.65. The van der Waals surface area contributed by atoms with Gasteiger partial charge in [-0.25, -0.2) is 0 Å². The average molecular weight is 244 g/mol. The van der Waals surface area contributed by atoms with Crippen LogP contribution in [0.5, 0.6) is 0 Å². The second kappa shape index (κ2) is 7.34. The molecule has 0 fully saturated rings. The van der Waals surface area contributed by atoms with Crippen molar-refractivity contribution in [3.8, 4) is 0 Å². The molecule has 0 aliphatic rings. The monoisotopic (exact) mass is 244 g/mol. The molecule has 0 radical (unpaired) electrons. The highest BCUT2D eigenvalue weighted by Gasteiger charge is 2.20. The van der Waals surface area contributed by atoms with Crippen molar-refractivity contribution in [2.45, 2.75) is 58.5 Å². The van der Waals surface area contributed by atoms with Gasteiger partial charge in [-0.3, -0.25) is 0 Å². The van der Waals surface area contributed by atoms with Crippen LogP contribution in [-0.2, 0) is 4.74 Å². The van der Waals surface area contributed by atoms with E-state index >= 15 is 0 Å². The molecule has 0 spiro atoms. The predicted octanol–water partition coefficient (Wildman–Crippen LogP) is 2.51. The third kappa shape index (κ3) is 9.57. The van der Waals surface area contributed by atoms with E-state index in [0.29, 0.717) is 0 Å². The van der Waals surface area contributed by atoms with Gasteiger partial charge in [0.2, 0.25) is 0 Å². The molecule has 0 bridgehead atoms. The molecule has 0 heterocycles. The van der Waals surface area contributed by atoms with Crippen LogP contribution in [0.4, 0.5) is 0 Å². The molecule has 0 aromatic heterocycles. The van der Waals surface area contributed by atoms with Gasteiger partial charge >= 0.3 is 0 Å². The molecular weight excluding hydrogens is 212 g/mol. The van der Waals surface area contributed by atoms with Crippen molar-refractivity contribution in [1.29, 1.82) is 0 Å². The first kappa shape index (κ1) is 16.9. The average Bonchev–Trinajstić information content (AvgIpc) is 2.14. The quantitative estimate of drug-likeness (QED) is 0.664. The van der Waals surface area contributed by atoms with Crippen molar-refractivity contribution in [3.63, 3.8) is 0 Å². The highest BCUT2D eigenvalue weighted by molar-refractivity contribution is 4.76. The Morgan fingerprint density at radius 3 is 2.06 bits per heavy atom. The summed E-state index contributed by atoms with van der Waals surface area (Å²) in [5.41, 5.74) is 0.359. The van der Waals surface area contributed by atoms with E-state index in [1.807, 2.05) is 0 Å². The zero-order valence-electron chi connectivity index (χ0n) is 12.9. The van der Waals surface area contributed by atoms with Gasteiger partial charge in [-0.2, -0.15) is 0 Å². The second-order valence-electron chi connectivity index (χ2n) is 6.64. The Bertz CT molecular complexity index is 195. The van der Waals surface area contributed by atoms with E-state index in [9.17, 15) is 0 Å². The van der Waals surface area contributed by atoms with Crippen molar-refractivity contribution in [2.24, 2.45) is 0 Å². The van der Waals surface area contributed by atoms with Crippen molar-refractivity contribution in [2.75, 3.05) is 33.9 Å². The molecule has 0 aliphatic carbocycles. The first-order valence-corrected chi connectivity index (χ1v) is 6.65. The maximum atomic E-state index is 5.72. The summed E-state index contributed by atoms with van der Waals surface area (Å²) in [6, 6.07) is 0. The SMILES string of the molecule is CN(C)C(C)(C)COCCCCNC(C)(C)C. The lowest BCUT2D eigenvalue weighted by Crippen LogP contribution is -2.42. The molecule has 0 aliphatic heterocycles. The number of nitrogens with one attached hydrogen (secondary N) is 1. The van der Waals surface area contributed by atoms with Crippen LogP contribution < -0.4 is 5.32 Å². The van der Waals surface area contributed by atoms with E-state index in [4.69, 9.17) is 4.74 Å². The lowest BCUT2D eigenvalue weighted by molar-refractivity contribution is 0.0346. The lowest BCUT2D eigenvalue weighted by Gasteiger charge is -2.32. The van der Waals surface area contributed by atoms with E-state index in [1.54, 1.807) is 0 Å². The van der Waals surface area contributed by atoms with Crippen LogP contribution in [0.2, 0.25) is 0 Å².